The van der Waals surface area contributed by atoms with Crippen LogP contribution < -0.4 is 19.7 Å². The van der Waals surface area contributed by atoms with Gasteiger partial charge >= 0.3 is 0 Å². The summed E-state index contributed by atoms with van der Waals surface area (Å²) >= 11 is 6.38. The van der Waals surface area contributed by atoms with E-state index in [2.05, 4.69) is 33.0 Å². The van der Waals surface area contributed by atoms with Crippen LogP contribution in [-0.2, 0) is 26.7 Å². The summed E-state index contributed by atoms with van der Waals surface area (Å²) in [6.07, 6.45) is 8.57. The number of allylic oxidation sites excluding steroid dienone is 1. The monoisotopic (exact) mass is 756 g/mol. The van der Waals surface area contributed by atoms with Gasteiger partial charge in [0, 0.05) is 60.7 Å². The van der Waals surface area contributed by atoms with Crippen molar-refractivity contribution in [3.8, 4) is 5.75 Å². The van der Waals surface area contributed by atoms with Crippen LogP contribution in [0.2, 0.25) is 5.02 Å². The molecule has 2 aromatic carbocycles. The van der Waals surface area contributed by atoms with E-state index >= 15 is 0 Å². The molecule has 2 aromatic rings. The fraction of sp³-hybridized carbons (Fsp3) is 0.590. The second kappa shape index (κ2) is 15.8. The number of hydrogen-bond donors (Lipinski definition) is 4. The minimum absolute atomic E-state index is 0.0262. The number of fused-ring (bicyclic) bond motifs is 4. The Morgan fingerprint density at radius 2 is 1.94 bits per heavy atom. The van der Waals surface area contributed by atoms with Gasteiger partial charge < -0.3 is 30.1 Å². The van der Waals surface area contributed by atoms with E-state index in [4.69, 9.17) is 21.4 Å². The van der Waals surface area contributed by atoms with E-state index in [1.165, 1.54) is 17.2 Å². The topological polar surface area (TPSA) is 149 Å². The summed E-state index contributed by atoms with van der Waals surface area (Å²) < 4.78 is 35.2. The minimum Gasteiger partial charge on any atom is -0.490 e. The van der Waals surface area contributed by atoms with Gasteiger partial charge in [0.05, 0.1) is 24.2 Å². The lowest BCUT2D eigenvalue weighted by Gasteiger charge is -2.47. The smallest absolute Gasteiger partial charge is 0.264 e. The van der Waals surface area contributed by atoms with Gasteiger partial charge in [-0.25, -0.2) is 13.1 Å². The highest BCUT2D eigenvalue weighted by atomic mass is 35.5. The molecule has 2 bridgehead atoms. The number of carbonyl (C=O) groups excluding carboxylic acids is 2. The van der Waals surface area contributed by atoms with Crippen LogP contribution in [0.5, 0.6) is 5.75 Å². The number of rotatable bonds is 2. The number of anilines is 1. The van der Waals surface area contributed by atoms with E-state index in [1.807, 2.05) is 12.1 Å². The van der Waals surface area contributed by atoms with Crippen LogP contribution >= 0.6 is 11.6 Å². The Hall–Kier alpha value is -3.00. The Morgan fingerprint density at radius 3 is 2.63 bits per heavy atom. The van der Waals surface area contributed by atoms with Crippen molar-refractivity contribution in [2.45, 2.75) is 74.7 Å². The zero-order valence-electron chi connectivity index (χ0n) is 30.4. The molecule has 13 heteroatoms. The number of nitrogens with zero attached hydrogens (tertiary/aromatic N) is 2. The Kier molecular flexibility index (Phi) is 11.7. The van der Waals surface area contributed by atoms with Crippen molar-refractivity contribution in [3.63, 3.8) is 0 Å². The second-order valence-corrected chi connectivity index (χ2v) is 18.1. The van der Waals surface area contributed by atoms with Gasteiger partial charge in [0.25, 0.3) is 5.91 Å². The number of aliphatic hydroxyl groups is 2. The first-order chi connectivity index (χ1) is 24.8. The largest absolute Gasteiger partial charge is 0.490 e. The Labute approximate surface area is 312 Å². The molecule has 1 spiro atoms. The number of amides is 1. The van der Waals surface area contributed by atoms with Crippen LogP contribution in [0, 0.1) is 17.8 Å². The molecule has 1 unspecified atom stereocenters. The molecule has 284 valence electrons. The lowest BCUT2D eigenvalue weighted by atomic mass is 9.64. The number of likely N-dealkylation sites (N-methyl/N-ethyl adjacent to an activating group) is 1. The van der Waals surface area contributed by atoms with Crippen molar-refractivity contribution < 1.29 is 33.0 Å². The fourth-order valence-corrected chi connectivity index (χ4v) is 10.0. The molecule has 0 radical (unpaired) electrons. The second-order valence-electron chi connectivity index (χ2n) is 15.6. The van der Waals surface area contributed by atoms with Crippen molar-refractivity contribution in [3.05, 3.63) is 70.3 Å². The van der Waals surface area contributed by atoms with Gasteiger partial charge in [-0.15, -0.1) is 0 Å². The van der Waals surface area contributed by atoms with Gasteiger partial charge in [0.2, 0.25) is 10.0 Å². The van der Waals surface area contributed by atoms with Crippen LogP contribution in [0.3, 0.4) is 0 Å². The third-order valence-electron chi connectivity index (χ3n) is 12.1. The molecule has 7 rings (SSSR count). The summed E-state index contributed by atoms with van der Waals surface area (Å²) in [6.45, 7) is 8.25. The minimum atomic E-state index is -4.00. The highest BCUT2D eigenvalue weighted by Gasteiger charge is 2.48. The molecule has 2 aliphatic carbocycles. The first-order valence-electron chi connectivity index (χ1n) is 18.5. The molecule has 7 atom stereocenters. The zero-order valence-corrected chi connectivity index (χ0v) is 32.0. The fourth-order valence-electron chi connectivity index (χ4n) is 8.55. The van der Waals surface area contributed by atoms with Gasteiger partial charge in [0.15, 0.2) is 6.29 Å². The first-order valence-corrected chi connectivity index (χ1v) is 20.5. The van der Waals surface area contributed by atoms with Crippen LogP contribution in [0.25, 0.3) is 0 Å². The van der Waals surface area contributed by atoms with E-state index in [9.17, 15) is 23.1 Å². The van der Waals surface area contributed by atoms with Crippen molar-refractivity contribution in [2.24, 2.45) is 17.8 Å². The van der Waals surface area contributed by atoms with Crippen molar-refractivity contribution in [1.29, 1.82) is 0 Å². The van der Waals surface area contributed by atoms with Crippen LogP contribution in [0.1, 0.15) is 67.4 Å². The molecule has 1 saturated carbocycles. The Balaban J connectivity index is 0.000000451. The van der Waals surface area contributed by atoms with Crippen molar-refractivity contribution in [2.75, 3.05) is 57.9 Å². The summed E-state index contributed by atoms with van der Waals surface area (Å²) in [5, 5.41) is 23.3. The van der Waals surface area contributed by atoms with Crippen LogP contribution in [0.15, 0.2) is 48.6 Å². The lowest BCUT2D eigenvalue weighted by molar-refractivity contribution is -0.130. The summed E-state index contributed by atoms with van der Waals surface area (Å²) in [4.78, 5) is 30.1. The number of hydrogen-bond acceptors (Lipinski definition) is 10. The first kappa shape index (κ1) is 38.7. The number of aldehydes is 1. The third-order valence-corrected chi connectivity index (χ3v) is 14.2. The molecule has 0 aromatic heterocycles. The highest BCUT2D eigenvalue weighted by Crippen LogP contribution is 2.48. The zero-order chi connectivity index (χ0) is 37.3. The number of carbonyl (C=O) groups is 2. The van der Waals surface area contributed by atoms with Crippen LogP contribution in [0.4, 0.5) is 5.69 Å². The molecule has 4 N–H and O–H groups in total. The van der Waals surface area contributed by atoms with Gasteiger partial charge in [0.1, 0.15) is 11.4 Å². The standard InChI is InChI=1S/C33H39ClN2O6S.C6H14N2O/c1-21-5-3-14-33(39,19-37)28-10-7-25(28)17-36-18-32(13-4-6-23-15-26(34)9-11-27(23)32)20-42-30-12-8-24(16-29(30)36)31(38)35-43(40,41)22(21)2;1-8-3-2-7-6(4-8)5-9/h3,8-9,11-12,14-16,19,21-22,25,28,39H,4-7,10,13,17-18,20H2,1-2H3,(H,35,38);6-7,9H,2-5H2,1H3/b14-3+;/t21-,22+,25-,28+,32-,33-;/m0./s1. The van der Waals surface area contributed by atoms with Gasteiger partial charge in [-0.05, 0) is 112 Å². The predicted octanol–water partition coefficient (Wildman–Crippen LogP) is 3.70. The number of ether oxygens (including phenoxy) is 1. The van der Waals surface area contributed by atoms with Gasteiger partial charge in [-0.3, -0.25) is 9.59 Å². The molecule has 52 heavy (non-hydrogen) atoms. The maximum Gasteiger partial charge on any atom is 0.264 e. The quantitative estimate of drug-likeness (QED) is 0.264. The molecule has 11 nitrogen and oxygen atoms in total. The summed E-state index contributed by atoms with van der Waals surface area (Å²) in [7, 11) is -1.93. The molecule has 3 aliphatic heterocycles. The number of piperazine rings is 1. The summed E-state index contributed by atoms with van der Waals surface area (Å²) in [5.41, 5.74) is 1.35. The number of sulfonamides is 1. The maximum atomic E-state index is 13.3. The highest BCUT2D eigenvalue weighted by molar-refractivity contribution is 7.90. The molecule has 2 fully saturated rings. The van der Waals surface area contributed by atoms with E-state index in [-0.39, 0.29) is 35.3 Å². The normalized spacial score (nSPS) is 33.8. The van der Waals surface area contributed by atoms with Crippen molar-refractivity contribution in [1.82, 2.24) is 14.9 Å². The number of aliphatic hydroxyl groups excluding tert-OH is 1. The van der Waals surface area contributed by atoms with E-state index in [0.717, 1.165) is 45.3 Å². The lowest BCUT2D eigenvalue weighted by Crippen LogP contribution is -2.53. The van der Waals surface area contributed by atoms with Crippen LogP contribution in [-0.4, -0.2) is 106 Å². The Morgan fingerprint density at radius 1 is 1.13 bits per heavy atom. The molecular formula is C39H53ClN4O7S. The average Bonchev–Trinajstić information content (AvgIpc) is 3.26. The number of benzene rings is 2. The van der Waals surface area contributed by atoms with E-state index < -0.39 is 26.8 Å². The maximum absolute atomic E-state index is 13.3. The predicted molar refractivity (Wildman–Crippen MR) is 203 cm³/mol. The molecule has 1 saturated heterocycles. The third kappa shape index (κ3) is 8.07. The number of nitrogens with one attached hydrogen (secondary N) is 2. The summed E-state index contributed by atoms with van der Waals surface area (Å²) in [5.74, 6) is -0.681. The SMILES string of the molecule is CN1CCNC(CO)C1.C[C@@H]1[C@@H](C)C/C=C/[C@](O)(C=O)[C@@H]2CC[C@H]2CN2C[C@@]3(CCCc4cc(Cl)ccc43)COc3ccc(cc32)C(=O)NS1(=O)=O. The average molecular weight is 757 g/mol. The van der Waals surface area contributed by atoms with Gasteiger partial charge in [-0.1, -0.05) is 30.7 Å². The molecule has 3 heterocycles. The van der Waals surface area contributed by atoms with Crippen molar-refractivity contribution >= 4 is 39.5 Å². The molecule has 5 aliphatic rings. The number of aryl methyl sites for hydroxylation is 1. The Bertz CT molecular complexity index is 1770. The van der Waals surface area contributed by atoms with E-state index in [1.54, 1.807) is 38.1 Å². The summed E-state index contributed by atoms with van der Waals surface area (Å²) in [6, 6.07) is 11.4. The van der Waals surface area contributed by atoms with E-state index in [0.29, 0.717) is 61.3 Å². The number of halogens is 1. The molecular weight excluding hydrogens is 704 g/mol. The molecule has 1 amide bonds. The van der Waals surface area contributed by atoms with Gasteiger partial charge in [-0.2, -0.15) is 0 Å².